The monoisotopic (exact) mass is 572 g/mol. The molecule has 4 aromatic carbocycles. The maximum Gasteiger partial charge on any atom is 0.409 e. The second-order valence-electron chi connectivity index (χ2n) is 9.25. The van der Waals surface area contributed by atoms with E-state index < -0.39 is 41.0 Å². The molecule has 0 radical (unpaired) electrons. The van der Waals surface area contributed by atoms with Gasteiger partial charge in [0.2, 0.25) is 0 Å². The molecule has 0 bridgehead atoms. The molecule has 0 N–H and O–H groups in total. The van der Waals surface area contributed by atoms with Crippen molar-refractivity contribution in [3.63, 3.8) is 0 Å². The Balaban J connectivity index is 1.49. The number of carbonyl (C=O) groups excluding carboxylic acids is 1. The third kappa shape index (κ3) is 7.42. The largest absolute Gasteiger partial charge is 0.423 e. The molecule has 4 rings (SSSR count). The highest BCUT2D eigenvalue weighted by Gasteiger charge is 2.23. The smallest absolute Gasteiger partial charge is 0.409 e. The first-order valence-corrected chi connectivity index (χ1v) is 12.6. The minimum Gasteiger partial charge on any atom is -0.423 e. The second-order valence-corrected chi connectivity index (χ2v) is 9.25. The van der Waals surface area contributed by atoms with Gasteiger partial charge in [-0.1, -0.05) is 43.7 Å². The Morgan fingerprint density at radius 1 is 0.756 bits per heavy atom. The molecule has 0 amide bonds. The number of hydrogen-bond donors (Lipinski definition) is 0. The molecule has 0 atom stereocenters. The van der Waals surface area contributed by atoms with Crippen molar-refractivity contribution in [1.29, 1.82) is 0 Å². The Hall–Kier alpha value is -4.40. The van der Waals surface area contributed by atoms with E-state index in [2.05, 4.69) is 6.92 Å². The number of halogens is 7. The minimum absolute atomic E-state index is 0.239. The summed E-state index contributed by atoms with van der Waals surface area (Å²) in [5, 5.41) is 0. The third-order valence-electron chi connectivity index (χ3n) is 6.28. The van der Waals surface area contributed by atoms with Crippen molar-refractivity contribution >= 4 is 12.0 Å². The average molecular weight is 573 g/mol. The van der Waals surface area contributed by atoms with E-state index in [0.29, 0.717) is 17.7 Å². The van der Waals surface area contributed by atoms with Crippen LogP contribution in [0.2, 0.25) is 0 Å². The van der Waals surface area contributed by atoms with E-state index >= 15 is 0 Å². The van der Waals surface area contributed by atoms with Gasteiger partial charge in [-0.2, -0.15) is 13.2 Å². The molecule has 0 heterocycles. The number of esters is 1. The maximum atomic E-state index is 14.8. The van der Waals surface area contributed by atoms with E-state index in [-0.39, 0.29) is 34.6 Å². The van der Waals surface area contributed by atoms with Gasteiger partial charge < -0.3 is 4.74 Å². The highest BCUT2D eigenvalue weighted by molar-refractivity contribution is 5.92. The molecule has 9 heteroatoms. The van der Waals surface area contributed by atoms with Crippen LogP contribution in [-0.4, -0.2) is 12.1 Å². The lowest BCUT2D eigenvalue weighted by Gasteiger charge is -2.10. The fourth-order valence-corrected chi connectivity index (χ4v) is 4.14. The molecule has 0 saturated heterocycles. The molecule has 0 aromatic heterocycles. The van der Waals surface area contributed by atoms with Crippen LogP contribution in [0.15, 0.2) is 78.9 Å². The summed E-state index contributed by atoms with van der Waals surface area (Å²) >= 11 is 0. The summed E-state index contributed by atoms with van der Waals surface area (Å²) in [6.45, 7) is 2.10. The second kappa shape index (κ2) is 12.4. The quantitative estimate of drug-likeness (QED) is 0.119. The lowest BCUT2D eigenvalue weighted by molar-refractivity contribution is -0.0790. The zero-order valence-corrected chi connectivity index (χ0v) is 21.7. The molecule has 0 unspecified atom stereocenters. The van der Waals surface area contributed by atoms with Gasteiger partial charge in [0.1, 0.15) is 29.0 Å². The molecular formula is C32H23F7O2. The van der Waals surface area contributed by atoms with Gasteiger partial charge in [0.25, 0.3) is 0 Å². The van der Waals surface area contributed by atoms with Gasteiger partial charge in [0.05, 0.1) is 5.56 Å². The number of ether oxygens (including phenoxy) is 1. The number of alkyl halides is 3. The molecule has 0 saturated carbocycles. The molecule has 0 spiro atoms. The summed E-state index contributed by atoms with van der Waals surface area (Å²) < 4.78 is 100. The summed E-state index contributed by atoms with van der Waals surface area (Å²) in [5.41, 5.74) is 0.568. The number of rotatable bonds is 8. The minimum atomic E-state index is -4.78. The molecule has 2 nitrogen and oxygen atoms in total. The summed E-state index contributed by atoms with van der Waals surface area (Å²) in [5.74, 6) is -5.93. The van der Waals surface area contributed by atoms with Gasteiger partial charge in [-0.05, 0) is 77.6 Å². The molecule has 0 aliphatic rings. The van der Waals surface area contributed by atoms with Crippen LogP contribution in [0.4, 0.5) is 30.7 Å². The fraction of sp³-hybridized carbons (Fsp3) is 0.156. The van der Waals surface area contributed by atoms with Gasteiger partial charge >= 0.3 is 12.1 Å². The van der Waals surface area contributed by atoms with E-state index in [4.69, 9.17) is 4.74 Å². The average Bonchev–Trinajstić information content (AvgIpc) is 2.91. The SMILES string of the molecule is CCCCc1ccc(-c2ccc(C(=O)Oc3ccc(-c4cc(F)c(C=CC(F)(F)F)c(F)c4)c(F)c3)c(F)c2)cc1. The van der Waals surface area contributed by atoms with Crippen LogP contribution in [0, 0.1) is 23.3 Å². The van der Waals surface area contributed by atoms with Crippen molar-refractivity contribution in [2.45, 2.75) is 32.4 Å². The normalized spacial score (nSPS) is 11.7. The Labute approximate surface area is 231 Å². The van der Waals surface area contributed by atoms with Gasteiger partial charge in [-0.15, -0.1) is 0 Å². The van der Waals surface area contributed by atoms with E-state index in [1.54, 1.807) is 6.07 Å². The Morgan fingerprint density at radius 3 is 1.98 bits per heavy atom. The summed E-state index contributed by atoms with van der Waals surface area (Å²) in [7, 11) is 0. The van der Waals surface area contributed by atoms with Gasteiger partial charge in [0.15, 0.2) is 0 Å². The van der Waals surface area contributed by atoms with Crippen LogP contribution in [0.25, 0.3) is 28.3 Å². The van der Waals surface area contributed by atoms with Crippen LogP contribution >= 0.6 is 0 Å². The zero-order valence-electron chi connectivity index (χ0n) is 21.7. The van der Waals surface area contributed by atoms with Crippen molar-refractivity contribution in [2.75, 3.05) is 0 Å². The molecule has 0 aliphatic carbocycles. The maximum absolute atomic E-state index is 14.8. The van der Waals surface area contributed by atoms with Crippen LogP contribution in [-0.2, 0) is 6.42 Å². The van der Waals surface area contributed by atoms with E-state index in [9.17, 15) is 35.5 Å². The number of aryl methyl sites for hydroxylation is 1. The Morgan fingerprint density at radius 2 is 1.39 bits per heavy atom. The predicted molar refractivity (Wildman–Crippen MR) is 142 cm³/mol. The number of benzene rings is 4. The van der Waals surface area contributed by atoms with Crippen molar-refractivity contribution < 1.29 is 40.3 Å². The number of carbonyl (C=O) groups is 1. The van der Waals surface area contributed by atoms with Crippen molar-refractivity contribution in [2.24, 2.45) is 0 Å². The first-order valence-electron chi connectivity index (χ1n) is 12.6. The van der Waals surface area contributed by atoms with E-state index in [1.165, 1.54) is 17.7 Å². The topological polar surface area (TPSA) is 26.3 Å². The van der Waals surface area contributed by atoms with Crippen LogP contribution in [0.5, 0.6) is 5.75 Å². The van der Waals surface area contributed by atoms with Crippen molar-refractivity contribution in [3.8, 4) is 28.0 Å². The molecule has 212 valence electrons. The molecular weight excluding hydrogens is 549 g/mol. The van der Waals surface area contributed by atoms with E-state index in [0.717, 1.165) is 43.0 Å². The number of unbranched alkanes of at least 4 members (excludes halogenated alkanes) is 1. The van der Waals surface area contributed by atoms with Crippen molar-refractivity contribution in [1.82, 2.24) is 0 Å². The molecule has 41 heavy (non-hydrogen) atoms. The van der Waals surface area contributed by atoms with Crippen LogP contribution in [0.1, 0.15) is 41.3 Å². The first kappa shape index (κ1) is 29.6. The van der Waals surface area contributed by atoms with Crippen LogP contribution < -0.4 is 4.74 Å². The lowest BCUT2D eigenvalue weighted by Crippen LogP contribution is -2.11. The van der Waals surface area contributed by atoms with Gasteiger partial charge in [0, 0.05) is 23.3 Å². The highest BCUT2D eigenvalue weighted by Crippen LogP contribution is 2.31. The number of allylic oxidation sites excluding steroid dienone is 1. The summed E-state index contributed by atoms with van der Waals surface area (Å²) in [6, 6.07) is 16.0. The predicted octanol–water partition coefficient (Wildman–Crippen LogP) is 9.71. The summed E-state index contributed by atoms with van der Waals surface area (Å²) in [4.78, 5) is 12.6. The van der Waals surface area contributed by atoms with Gasteiger partial charge in [-0.25, -0.2) is 22.4 Å². The first-order chi connectivity index (χ1) is 19.4. The van der Waals surface area contributed by atoms with Gasteiger partial charge in [-0.3, -0.25) is 0 Å². The molecule has 0 aliphatic heterocycles. The standard InChI is InChI=1S/C32H23F7O2/c1-2-3-4-19-5-7-20(8-6-19)21-9-11-26(29(35)15-21)31(40)41-23-10-12-24(30(36)18-23)22-16-27(33)25(28(34)17-22)13-14-32(37,38)39/h5-18H,2-4H2,1H3. The van der Waals surface area contributed by atoms with Crippen molar-refractivity contribution in [3.05, 3.63) is 119 Å². The summed E-state index contributed by atoms with van der Waals surface area (Å²) in [6.07, 6.45) is -1.77. The number of hydrogen-bond acceptors (Lipinski definition) is 2. The molecule has 0 fully saturated rings. The fourth-order valence-electron chi connectivity index (χ4n) is 4.14. The Kier molecular flexibility index (Phi) is 8.95. The highest BCUT2D eigenvalue weighted by atomic mass is 19.4. The van der Waals surface area contributed by atoms with E-state index in [1.807, 2.05) is 24.3 Å². The van der Waals surface area contributed by atoms with Crippen LogP contribution in [0.3, 0.4) is 0 Å². The zero-order chi connectivity index (χ0) is 29.7. The lowest BCUT2D eigenvalue weighted by atomic mass is 10.0. The Bertz CT molecular complexity index is 1570. The third-order valence-corrected chi connectivity index (χ3v) is 6.28. The molecule has 4 aromatic rings.